The number of rotatable bonds is 4. The quantitative estimate of drug-likeness (QED) is 0.566. The summed E-state index contributed by atoms with van der Waals surface area (Å²) in [6.07, 6.45) is 0. The standard InChI is InChI=1S/C10H10F2N6O/c1-19-10-16-8(15-9(17-10)18-13)14-5-2-3-6(11)7(12)4-5/h2-4H,13H2,1H3,(H2,14,15,16,17,18). The molecule has 100 valence electrons. The maximum Gasteiger partial charge on any atom is 0.322 e. The SMILES string of the molecule is COc1nc(NN)nc(Nc2ccc(F)c(F)c2)n1. The van der Waals surface area contributed by atoms with Gasteiger partial charge in [-0.15, -0.1) is 0 Å². The van der Waals surface area contributed by atoms with Gasteiger partial charge in [0.25, 0.3) is 0 Å². The van der Waals surface area contributed by atoms with Crippen LogP contribution in [-0.4, -0.2) is 22.1 Å². The fourth-order valence-electron chi connectivity index (χ4n) is 1.27. The summed E-state index contributed by atoms with van der Waals surface area (Å²) >= 11 is 0. The Kier molecular flexibility index (Phi) is 3.66. The molecule has 0 spiro atoms. The summed E-state index contributed by atoms with van der Waals surface area (Å²) in [5.74, 6) is 3.40. The Morgan fingerprint density at radius 3 is 2.47 bits per heavy atom. The number of nitrogens with one attached hydrogen (secondary N) is 2. The minimum atomic E-state index is -0.983. The van der Waals surface area contributed by atoms with Crippen LogP contribution >= 0.6 is 0 Å². The van der Waals surface area contributed by atoms with Crippen molar-refractivity contribution < 1.29 is 13.5 Å². The molecule has 0 bridgehead atoms. The van der Waals surface area contributed by atoms with E-state index in [1.54, 1.807) is 0 Å². The Hall–Kier alpha value is -2.55. The van der Waals surface area contributed by atoms with E-state index in [1.165, 1.54) is 13.2 Å². The number of hydrazine groups is 1. The second-order valence-corrected chi connectivity index (χ2v) is 3.37. The molecule has 0 atom stereocenters. The molecule has 0 aliphatic heterocycles. The van der Waals surface area contributed by atoms with Crippen molar-refractivity contribution in [1.29, 1.82) is 0 Å². The van der Waals surface area contributed by atoms with Gasteiger partial charge in [-0.1, -0.05) is 0 Å². The molecular weight excluding hydrogens is 258 g/mol. The zero-order chi connectivity index (χ0) is 13.8. The number of methoxy groups -OCH3 is 1. The van der Waals surface area contributed by atoms with Crippen molar-refractivity contribution in [3.63, 3.8) is 0 Å². The van der Waals surface area contributed by atoms with Crippen LogP contribution in [0, 0.1) is 11.6 Å². The molecule has 4 N–H and O–H groups in total. The van der Waals surface area contributed by atoms with E-state index in [2.05, 4.69) is 25.7 Å². The molecule has 0 fully saturated rings. The van der Waals surface area contributed by atoms with Crippen LogP contribution in [0.2, 0.25) is 0 Å². The first kappa shape index (κ1) is 12.9. The first-order valence-corrected chi connectivity index (χ1v) is 5.11. The summed E-state index contributed by atoms with van der Waals surface area (Å²) in [6, 6.07) is 3.32. The van der Waals surface area contributed by atoms with Crippen LogP contribution in [-0.2, 0) is 0 Å². The number of nitrogen functional groups attached to an aromatic ring is 1. The Balaban J connectivity index is 2.29. The molecule has 2 rings (SSSR count). The first-order valence-electron chi connectivity index (χ1n) is 5.11. The van der Waals surface area contributed by atoms with Crippen molar-refractivity contribution in [3.8, 4) is 6.01 Å². The van der Waals surface area contributed by atoms with Gasteiger partial charge in [0.1, 0.15) is 0 Å². The van der Waals surface area contributed by atoms with Gasteiger partial charge in [0.15, 0.2) is 11.6 Å². The Morgan fingerprint density at radius 2 is 1.84 bits per heavy atom. The predicted molar refractivity (Wildman–Crippen MR) is 63.8 cm³/mol. The van der Waals surface area contributed by atoms with E-state index in [0.717, 1.165) is 12.1 Å². The van der Waals surface area contributed by atoms with Crippen LogP contribution in [0.4, 0.5) is 26.4 Å². The molecule has 0 unspecified atom stereocenters. The largest absolute Gasteiger partial charge is 0.467 e. The molecule has 1 aromatic heterocycles. The van der Waals surface area contributed by atoms with Crippen LogP contribution in [0.15, 0.2) is 18.2 Å². The first-order chi connectivity index (χ1) is 9.12. The number of nitrogens with two attached hydrogens (primary N) is 1. The second-order valence-electron chi connectivity index (χ2n) is 3.37. The molecule has 0 saturated carbocycles. The lowest BCUT2D eigenvalue weighted by Gasteiger charge is -2.07. The van der Waals surface area contributed by atoms with Crippen molar-refractivity contribution in [2.75, 3.05) is 17.9 Å². The highest BCUT2D eigenvalue weighted by Crippen LogP contribution is 2.18. The fraction of sp³-hybridized carbons (Fsp3) is 0.100. The lowest BCUT2D eigenvalue weighted by Crippen LogP contribution is -2.13. The Labute approximate surface area is 106 Å². The van der Waals surface area contributed by atoms with Crippen molar-refractivity contribution in [2.24, 2.45) is 5.84 Å². The highest BCUT2D eigenvalue weighted by Gasteiger charge is 2.08. The second kappa shape index (κ2) is 5.40. The van der Waals surface area contributed by atoms with Gasteiger partial charge in [-0.3, -0.25) is 5.43 Å². The summed E-state index contributed by atoms with van der Waals surface area (Å²) in [4.78, 5) is 11.6. The summed E-state index contributed by atoms with van der Waals surface area (Å²) in [7, 11) is 1.37. The molecular formula is C10H10F2N6O. The fourth-order valence-corrected chi connectivity index (χ4v) is 1.27. The molecule has 0 radical (unpaired) electrons. The molecule has 0 amide bonds. The maximum absolute atomic E-state index is 13.0. The molecule has 1 heterocycles. The van der Waals surface area contributed by atoms with Crippen LogP contribution in [0.3, 0.4) is 0 Å². The molecule has 2 aromatic rings. The Morgan fingerprint density at radius 1 is 1.11 bits per heavy atom. The van der Waals surface area contributed by atoms with Gasteiger partial charge in [-0.25, -0.2) is 14.6 Å². The minimum absolute atomic E-state index is 0.0213. The average molecular weight is 268 g/mol. The van der Waals surface area contributed by atoms with E-state index in [4.69, 9.17) is 10.6 Å². The van der Waals surface area contributed by atoms with Crippen molar-refractivity contribution in [1.82, 2.24) is 15.0 Å². The number of anilines is 3. The van der Waals surface area contributed by atoms with Gasteiger partial charge in [0.05, 0.1) is 7.11 Å². The maximum atomic E-state index is 13.0. The highest BCUT2D eigenvalue weighted by atomic mass is 19.2. The molecule has 1 aromatic carbocycles. The number of aromatic nitrogens is 3. The average Bonchev–Trinajstić information content (AvgIpc) is 2.42. The third kappa shape index (κ3) is 3.01. The van der Waals surface area contributed by atoms with E-state index in [-0.39, 0.29) is 23.6 Å². The summed E-state index contributed by atoms with van der Waals surface area (Å²) in [5, 5.41) is 2.68. The number of benzene rings is 1. The monoisotopic (exact) mass is 268 g/mol. The molecule has 7 nitrogen and oxygen atoms in total. The lowest BCUT2D eigenvalue weighted by molar-refractivity contribution is 0.379. The van der Waals surface area contributed by atoms with Crippen molar-refractivity contribution >= 4 is 17.6 Å². The van der Waals surface area contributed by atoms with Crippen molar-refractivity contribution in [2.45, 2.75) is 0 Å². The minimum Gasteiger partial charge on any atom is -0.467 e. The summed E-state index contributed by atoms with van der Waals surface area (Å²) in [5.41, 5.74) is 2.51. The van der Waals surface area contributed by atoms with Gasteiger partial charge >= 0.3 is 6.01 Å². The molecule has 9 heteroatoms. The van der Waals surface area contributed by atoms with E-state index in [1.807, 2.05) is 0 Å². The summed E-state index contributed by atoms with van der Waals surface area (Å²) in [6.45, 7) is 0. The molecule has 0 aliphatic carbocycles. The Bertz CT molecular complexity index is 572. The molecule has 19 heavy (non-hydrogen) atoms. The zero-order valence-electron chi connectivity index (χ0n) is 9.82. The van der Waals surface area contributed by atoms with E-state index < -0.39 is 11.6 Å². The summed E-state index contributed by atoms with van der Waals surface area (Å²) < 4.78 is 30.7. The van der Waals surface area contributed by atoms with Crippen molar-refractivity contribution in [3.05, 3.63) is 29.8 Å². The third-order valence-electron chi connectivity index (χ3n) is 2.10. The van der Waals surface area contributed by atoms with Crippen LogP contribution < -0.4 is 21.3 Å². The number of halogens is 2. The van der Waals surface area contributed by atoms with Gasteiger partial charge < -0.3 is 10.1 Å². The van der Waals surface area contributed by atoms with Gasteiger partial charge in [0, 0.05) is 11.8 Å². The number of nitrogens with zero attached hydrogens (tertiary/aromatic N) is 3. The molecule has 0 saturated heterocycles. The third-order valence-corrected chi connectivity index (χ3v) is 2.10. The predicted octanol–water partition coefficient (Wildman–Crippen LogP) is 1.19. The van der Waals surface area contributed by atoms with Crippen LogP contribution in [0.5, 0.6) is 6.01 Å². The zero-order valence-corrected chi connectivity index (χ0v) is 9.82. The molecule has 0 aliphatic rings. The topological polar surface area (TPSA) is 98.0 Å². The van der Waals surface area contributed by atoms with E-state index in [0.29, 0.717) is 0 Å². The smallest absolute Gasteiger partial charge is 0.322 e. The number of hydrogen-bond acceptors (Lipinski definition) is 7. The van der Waals surface area contributed by atoms with E-state index in [9.17, 15) is 8.78 Å². The van der Waals surface area contributed by atoms with Gasteiger partial charge in [-0.05, 0) is 12.1 Å². The highest BCUT2D eigenvalue weighted by molar-refractivity contribution is 5.54. The van der Waals surface area contributed by atoms with E-state index >= 15 is 0 Å². The van der Waals surface area contributed by atoms with Crippen LogP contribution in [0.1, 0.15) is 0 Å². The van der Waals surface area contributed by atoms with Gasteiger partial charge in [0.2, 0.25) is 11.9 Å². The normalized spacial score (nSPS) is 10.1. The van der Waals surface area contributed by atoms with Gasteiger partial charge in [-0.2, -0.15) is 15.0 Å². The lowest BCUT2D eigenvalue weighted by atomic mass is 10.3. The number of ether oxygens (including phenoxy) is 1. The number of hydrogen-bond donors (Lipinski definition) is 3. The van der Waals surface area contributed by atoms with Crippen LogP contribution in [0.25, 0.3) is 0 Å².